The second-order valence-electron chi connectivity index (χ2n) is 3.88. The van der Waals surface area contributed by atoms with Crippen LogP contribution >= 0.6 is 11.8 Å². The molecule has 0 unspecified atom stereocenters. The van der Waals surface area contributed by atoms with E-state index < -0.39 is 10.9 Å². The van der Waals surface area contributed by atoms with Gasteiger partial charge in [0.2, 0.25) is 0 Å². The zero-order chi connectivity index (χ0) is 14.4. The highest BCUT2D eigenvalue weighted by Crippen LogP contribution is 2.26. The van der Waals surface area contributed by atoms with Gasteiger partial charge in [0.25, 0.3) is 5.69 Å². The number of methoxy groups -OCH3 is 1. The van der Waals surface area contributed by atoms with E-state index >= 15 is 0 Å². The van der Waals surface area contributed by atoms with E-state index in [2.05, 4.69) is 4.74 Å². The Bertz CT molecular complexity index is 525. The molecule has 0 amide bonds. The fraction of sp³-hybridized carbons (Fsp3) is 0.308. The maximum atomic E-state index is 11.2. The summed E-state index contributed by atoms with van der Waals surface area (Å²) in [6, 6.07) is 4.65. The quantitative estimate of drug-likeness (QED) is 0.359. The van der Waals surface area contributed by atoms with Crippen LogP contribution < -0.4 is 0 Å². The largest absolute Gasteiger partial charge is 0.466 e. The van der Waals surface area contributed by atoms with Crippen LogP contribution in [0.3, 0.4) is 0 Å². The van der Waals surface area contributed by atoms with Crippen molar-refractivity contribution in [2.75, 3.05) is 13.4 Å². The lowest BCUT2D eigenvalue weighted by Gasteiger charge is -2.08. The molecule has 5 nitrogen and oxygen atoms in total. The molecule has 19 heavy (non-hydrogen) atoms. The number of nitro groups is 1. The number of hydrogen-bond acceptors (Lipinski definition) is 5. The molecule has 0 saturated heterocycles. The van der Waals surface area contributed by atoms with Crippen LogP contribution in [0.25, 0.3) is 5.57 Å². The first-order valence-corrected chi connectivity index (χ1v) is 6.91. The average molecular weight is 281 g/mol. The maximum absolute atomic E-state index is 11.2. The predicted molar refractivity (Wildman–Crippen MR) is 76.0 cm³/mol. The number of nitrogens with zero attached hydrogens (tertiary/aromatic N) is 1. The lowest BCUT2D eigenvalue weighted by Crippen LogP contribution is -1.98. The normalized spacial score (nSPS) is 11.2. The SMILES string of the molecule is COC(=O)C=C(C)c1ccc([N+](=O)[O-])cc1CSC. The first kappa shape index (κ1) is 15.2. The van der Waals surface area contributed by atoms with Gasteiger partial charge < -0.3 is 4.74 Å². The van der Waals surface area contributed by atoms with E-state index in [4.69, 9.17) is 0 Å². The summed E-state index contributed by atoms with van der Waals surface area (Å²) in [6.07, 6.45) is 3.30. The fourth-order valence-electron chi connectivity index (χ4n) is 1.67. The van der Waals surface area contributed by atoms with Crippen LogP contribution in [-0.4, -0.2) is 24.3 Å². The Morgan fingerprint density at radius 1 is 1.53 bits per heavy atom. The fourth-order valence-corrected chi connectivity index (χ4v) is 2.22. The van der Waals surface area contributed by atoms with E-state index in [-0.39, 0.29) is 5.69 Å². The lowest BCUT2D eigenvalue weighted by atomic mass is 10.0. The molecule has 0 spiro atoms. The van der Waals surface area contributed by atoms with Gasteiger partial charge in [-0.3, -0.25) is 10.1 Å². The first-order chi connectivity index (χ1) is 8.99. The van der Waals surface area contributed by atoms with E-state index in [1.165, 1.54) is 19.3 Å². The zero-order valence-corrected chi connectivity index (χ0v) is 11.8. The van der Waals surface area contributed by atoms with Crippen molar-refractivity contribution in [2.24, 2.45) is 0 Å². The van der Waals surface area contributed by atoms with Crippen LogP contribution in [0.1, 0.15) is 18.1 Å². The van der Waals surface area contributed by atoms with Crippen molar-refractivity contribution in [3.63, 3.8) is 0 Å². The number of carbonyl (C=O) groups excluding carboxylic acids is 1. The maximum Gasteiger partial charge on any atom is 0.330 e. The van der Waals surface area contributed by atoms with Gasteiger partial charge in [-0.25, -0.2) is 4.79 Å². The molecular weight excluding hydrogens is 266 g/mol. The van der Waals surface area contributed by atoms with Gasteiger partial charge in [0, 0.05) is 24.0 Å². The number of ether oxygens (including phenoxy) is 1. The molecule has 1 aromatic carbocycles. The van der Waals surface area contributed by atoms with Gasteiger partial charge >= 0.3 is 5.97 Å². The standard InChI is InChI=1S/C13H15NO4S/c1-9(6-13(15)18-2)12-5-4-11(14(16)17)7-10(12)8-19-3/h4-7H,8H2,1-3H3. The zero-order valence-electron chi connectivity index (χ0n) is 11.0. The van der Waals surface area contributed by atoms with Gasteiger partial charge in [-0.2, -0.15) is 11.8 Å². The van der Waals surface area contributed by atoms with E-state index in [9.17, 15) is 14.9 Å². The Labute approximate surface area is 115 Å². The van der Waals surface area contributed by atoms with Gasteiger partial charge in [-0.05, 0) is 35.9 Å². The summed E-state index contributed by atoms with van der Waals surface area (Å²) in [7, 11) is 1.31. The molecule has 0 aliphatic heterocycles. The molecule has 1 aromatic rings. The van der Waals surface area contributed by atoms with Gasteiger partial charge in [0.1, 0.15) is 0 Å². The van der Waals surface area contributed by atoms with Crippen LogP contribution in [0.15, 0.2) is 24.3 Å². The average Bonchev–Trinajstić information content (AvgIpc) is 2.38. The topological polar surface area (TPSA) is 69.4 Å². The van der Waals surface area contributed by atoms with Gasteiger partial charge in [-0.1, -0.05) is 0 Å². The van der Waals surface area contributed by atoms with Gasteiger partial charge in [0.05, 0.1) is 12.0 Å². The summed E-state index contributed by atoms with van der Waals surface area (Å²) in [4.78, 5) is 21.6. The number of benzene rings is 1. The number of rotatable bonds is 5. The molecule has 0 aromatic heterocycles. The molecule has 0 radical (unpaired) electrons. The lowest BCUT2D eigenvalue weighted by molar-refractivity contribution is -0.384. The summed E-state index contributed by atoms with van der Waals surface area (Å²) in [6.45, 7) is 1.78. The van der Waals surface area contributed by atoms with E-state index in [0.29, 0.717) is 5.75 Å². The van der Waals surface area contributed by atoms with Crippen molar-refractivity contribution >= 4 is 29.0 Å². The third-order valence-electron chi connectivity index (χ3n) is 2.56. The Balaban J connectivity index is 3.23. The summed E-state index contributed by atoms with van der Waals surface area (Å²) in [5.41, 5.74) is 2.44. The highest BCUT2D eigenvalue weighted by atomic mass is 32.2. The molecule has 0 fully saturated rings. The summed E-state index contributed by atoms with van der Waals surface area (Å²) < 4.78 is 4.58. The molecule has 102 valence electrons. The minimum atomic E-state index is -0.439. The van der Waals surface area contributed by atoms with Gasteiger partial charge in [-0.15, -0.1) is 0 Å². The van der Waals surface area contributed by atoms with Crippen LogP contribution in [-0.2, 0) is 15.3 Å². The predicted octanol–water partition coefficient (Wildman–Crippen LogP) is 3.03. The number of nitro benzene ring substituents is 1. The Morgan fingerprint density at radius 3 is 2.74 bits per heavy atom. The van der Waals surface area contributed by atoms with Crippen LogP contribution in [0.4, 0.5) is 5.69 Å². The van der Waals surface area contributed by atoms with Crippen molar-refractivity contribution in [1.29, 1.82) is 0 Å². The number of allylic oxidation sites excluding steroid dienone is 1. The Morgan fingerprint density at radius 2 is 2.21 bits per heavy atom. The first-order valence-electron chi connectivity index (χ1n) is 5.52. The Kier molecular flexibility index (Phi) is 5.57. The van der Waals surface area contributed by atoms with E-state index in [0.717, 1.165) is 16.7 Å². The molecule has 0 bridgehead atoms. The Hall–Kier alpha value is -1.82. The third kappa shape index (κ3) is 4.10. The number of non-ortho nitro benzene ring substituents is 1. The smallest absolute Gasteiger partial charge is 0.330 e. The van der Waals surface area contributed by atoms with Gasteiger partial charge in [0.15, 0.2) is 0 Å². The van der Waals surface area contributed by atoms with Crippen LogP contribution in [0.5, 0.6) is 0 Å². The van der Waals surface area contributed by atoms with Crippen molar-refractivity contribution in [2.45, 2.75) is 12.7 Å². The molecule has 0 atom stereocenters. The highest BCUT2D eigenvalue weighted by Gasteiger charge is 2.12. The molecule has 0 aliphatic rings. The molecule has 0 heterocycles. The minimum absolute atomic E-state index is 0.0543. The second-order valence-corrected chi connectivity index (χ2v) is 4.75. The van der Waals surface area contributed by atoms with E-state index in [1.54, 1.807) is 30.8 Å². The van der Waals surface area contributed by atoms with Crippen molar-refractivity contribution < 1.29 is 14.5 Å². The van der Waals surface area contributed by atoms with Crippen molar-refractivity contribution in [1.82, 2.24) is 0 Å². The molecule has 1 rings (SSSR count). The summed E-state index contributed by atoms with van der Waals surface area (Å²) in [5.74, 6) is 0.203. The summed E-state index contributed by atoms with van der Waals surface area (Å²) in [5, 5.41) is 10.8. The van der Waals surface area contributed by atoms with Crippen LogP contribution in [0, 0.1) is 10.1 Å². The molecule has 6 heteroatoms. The van der Waals surface area contributed by atoms with E-state index in [1.807, 2.05) is 6.26 Å². The number of thioether (sulfide) groups is 1. The van der Waals surface area contributed by atoms with Crippen molar-refractivity contribution in [3.8, 4) is 0 Å². The molecule has 0 N–H and O–H groups in total. The monoisotopic (exact) mass is 281 g/mol. The van der Waals surface area contributed by atoms with Crippen LogP contribution in [0.2, 0.25) is 0 Å². The summed E-state index contributed by atoms with van der Waals surface area (Å²) >= 11 is 1.57. The van der Waals surface area contributed by atoms with Crippen molar-refractivity contribution in [3.05, 3.63) is 45.5 Å². The molecule has 0 saturated carbocycles. The molecule has 0 aliphatic carbocycles. The third-order valence-corrected chi connectivity index (χ3v) is 3.16. The number of carbonyl (C=O) groups is 1. The molecular formula is C13H15NO4S. The second kappa shape index (κ2) is 6.94. The highest BCUT2D eigenvalue weighted by molar-refractivity contribution is 7.97. The number of hydrogen-bond donors (Lipinski definition) is 0. The minimum Gasteiger partial charge on any atom is -0.466 e. The number of esters is 1.